The number of allylic oxidation sites excluding steroid dienone is 4. The van der Waals surface area contributed by atoms with E-state index >= 15 is 0 Å². The third kappa shape index (κ3) is 4.30. The molecule has 0 heteroatoms. The van der Waals surface area contributed by atoms with E-state index in [-0.39, 0.29) is 0 Å². The van der Waals surface area contributed by atoms with Gasteiger partial charge in [-0.05, 0) is 35.2 Å². The van der Waals surface area contributed by atoms with Crippen LogP contribution >= 0.6 is 0 Å². The molecule has 0 saturated carbocycles. The molecule has 1 atom stereocenters. The van der Waals surface area contributed by atoms with Gasteiger partial charge in [-0.3, -0.25) is 0 Å². The van der Waals surface area contributed by atoms with Crippen LogP contribution in [0.15, 0.2) is 23.8 Å². The molecule has 0 bridgehead atoms. The fraction of sp³-hybridized carbons (Fsp3) is 0.778. The van der Waals surface area contributed by atoms with Crippen molar-refractivity contribution in [2.75, 3.05) is 0 Å². The highest BCUT2D eigenvalue weighted by Gasteiger charge is 2.28. The highest BCUT2D eigenvalue weighted by molar-refractivity contribution is 5.29. The van der Waals surface area contributed by atoms with Crippen molar-refractivity contribution in [2.45, 2.75) is 74.7 Å². The zero-order valence-corrected chi connectivity index (χ0v) is 13.9. The summed E-state index contributed by atoms with van der Waals surface area (Å²) in [7, 11) is 0. The molecule has 0 nitrogen and oxygen atoms in total. The topological polar surface area (TPSA) is 0 Å². The first kappa shape index (κ1) is 17.5. The normalized spacial score (nSPS) is 20.0. The van der Waals surface area contributed by atoms with Gasteiger partial charge in [0.1, 0.15) is 0 Å². The van der Waals surface area contributed by atoms with Crippen LogP contribution in [0.1, 0.15) is 74.7 Å². The molecule has 18 heavy (non-hydrogen) atoms. The summed E-state index contributed by atoms with van der Waals surface area (Å²) in [6, 6.07) is 0. The van der Waals surface area contributed by atoms with Gasteiger partial charge in [-0.15, -0.1) is 0 Å². The van der Waals surface area contributed by atoms with Crippen LogP contribution in [0.5, 0.6) is 0 Å². The Balaban J connectivity index is 0.00000137. The molecular weight excluding hydrogens is 216 g/mol. The second-order valence-corrected chi connectivity index (χ2v) is 6.44. The Morgan fingerprint density at radius 1 is 1.06 bits per heavy atom. The van der Waals surface area contributed by atoms with E-state index < -0.39 is 0 Å². The van der Waals surface area contributed by atoms with Crippen molar-refractivity contribution in [3.8, 4) is 0 Å². The summed E-state index contributed by atoms with van der Waals surface area (Å²) in [4.78, 5) is 0. The van der Waals surface area contributed by atoms with Crippen molar-refractivity contribution in [3.63, 3.8) is 0 Å². The van der Waals surface area contributed by atoms with Gasteiger partial charge in [-0.1, -0.05) is 80.0 Å². The SMILES string of the molecule is CC.CCC(C)(C)C1=CCC(C(C)(C)CC)C=C1. The average Bonchev–Trinajstić information content (AvgIpc) is 2.41. The number of hydrogen-bond donors (Lipinski definition) is 0. The smallest absolute Gasteiger partial charge is 0.0109 e. The Hall–Kier alpha value is -0.520. The van der Waals surface area contributed by atoms with E-state index in [0.29, 0.717) is 16.7 Å². The minimum Gasteiger partial charge on any atom is -0.0803 e. The molecule has 0 saturated heterocycles. The van der Waals surface area contributed by atoms with E-state index in [1.165, 1.54) is 24.8 Å². The maximum Gasteiger partial charge on any atom is -0.0109 e. The molecule has 1 unspecified atom stereocenters. The minimum absolute atomic E-state index is 0.345. The summed E-state index contributed by atoms with van der Waals surface area (Å²) in [5, 5.41) is 0. The quantitative estimate of drug-likeness (QED) is 0.542. The lowest BCUT2D eigenvalue weighted by molar-refractivity contribution is 0.247. The molecule has 0 aliphatic heterocycles. The third-order valence-electron chi connectivity index (χ3n) is 4.68. The zero-order chi connectivity index (χ0) is 14.4. The molecule has 1 aliphatic carbocycles. The van der Waals surface area contributed by atoms with Crippen LogP contribution in [0.2, 0.25) is 0 Å². The Labute approximate surface area is 116 Å². The summed E-state index contributed by atoms with van der Waals surface area (Å²) in [6.45, 7) is 18.0. The van der Waals surface area contributed by atoms with Gasteiger partial charge >= 0.3 is 0 Å². The predicted molar refractivity (Wildman–Crippen MR) is 84.8 cm³/mol. The van der Waals surface area contributed by atoms with Crippen LogP contribution in [-0.4, -0.2) is 0 Å². The van der Waals surface area contributed by atoms with Crippen molar-refractivity contribution in [3.05, 3.63) is 23.8 Å². The Morgan fingerprint density at radius 3 is 1.94 bits per heavy atom. The lowest BCUT2D eigenvalue weighted by Crippen LogP contribution is -2.24. The number of rotatable bonds is 4. The summed E-state index contributed by atoms with van der Waals surface area (Å²) in [5.41, 5.74) is 2.31. The molecule has 0 spiro atoms. The maximum atomic E-state index is 2.46. The van der Waals surface area contributed by atoms with Gasteiger partial charge in [0.25, 0.3) is 0 Å². The maximum absolute atomic E-state index is 2.46. The van der Waals surface area contributed by atoms with E-state index in [1.807, 2.05) is 13.8 Å². The lowest BCUT2D eigenvalue weighted by atomic mass is 9.70. The fourth-order valence-corrected chi connectivity index (χ4v) is 2.17. The van der Waals surface area contributed by atoms with E-state index in [1.54, 1.807) is 0 Å². The van der Waals surface area contributed by atoms with Crippen molar-refractivity contribution in [1.82, 2.24) is 0 Å². The monoisotopic (exact) mass is 250 g/mol. The van der Waals surface area contributed by atoms with E-state index in [2.05, 4.69) is 59.8 Å². The summed E-state index contributed by atoms with van der Waals surface area (Å²) < 4.78 is 0. The molecule has 0 amide bonds. The largest absolute Gasteiger partial charge is 0.0803 e. The summed E-state index contributed by atoms with van der Waals surface area (Å²) in [6.07, 6.45) is 11.0. The van der Waals surface area contributed by atoms with E-state index in [4.69, 9.17) is 0 Å². The summed E-state index contributed by atoms with van der Waals surface area (Å²) >= 11 is 0. The Morgan fingerprint density at radius 2 is 1.61 bits per heavy atom. The van der Waals surface area contributed by atoms with Crippen molar-refractivity contribution in [2.24, 2.45) is 16.7 Å². The second-order valence-electron chi connectivity index (χ2n) is 6.44. The van der Waals surface area contributed by atoms with Crippen molar-refractivity contribution >= 4 is 0 Å². The van der Waals surface area contributed by atoms with Gasteiger partial charge in [0.2, 0.25) is 0 Å². The van der Waals surface area contributed by atoms with Gasteiger partial charge in [0, 0.05) is 0 Å². The first-order valence-corrected chi connectivity index (χ1v) is 7.72. The Kier molecular flexibility index (Phi) is 6.96. The molecule has 0 fully saturated rings. The molecule has 0 radical (unpaired) electrons. The molecule has 0 aromatic rings. The van der Waals surface area contributed by atoms with Crippen LogP contribution < -0.4 is 0 Å². The van der Waals surface area contributed by atoms with E-state index in [0.717, 1.165) is 0 Å². The van der Waals surface area contributed by atoms with E-state index in [9.17, 15) is 0 Å². The van der Waals surface area contributed by atoms with Crippen molar-refractivity contribution < 1.29 is 0 Å². The molecule has 0 aromatic heterocycles. The number of hydrogen-bond acceptors (Lipinski definition) is 0. The van der Waals surface area contributed by atoms with Gasteiger partial charge in [0.05, 0.1) is 0 Å². The molecule has 0 heterocycles. The second kappa shape index (κ2) is 7.16. The fourth-order valence-electron chi connectivity index (χ4n) is 2.17. The Bertz CT molecular complexity index is 289. The first-order valence-electron chi connectivity index (χ1n) is 7.72. The third-order valence-corrected chi connectivity index (χ3v) is 4.68. The molecule has 1 aliphatic rings. The molecule has 106 valence electrons. The van der Waals surface area contributed by atoms with Crippen LogP contribution in [0, 0.1) is 16.7 Å². The molecule has 0 aromatic carbocycles. The molecule has 1 rings (SSSR count). The zero-order valence-electron chi connectivity index (χ0n) is 13.9. The van der Waals surface area contributed by atoms with Crippen LogP contribution in [-0.2, 0) is 0 Å². The first-order chi connectivity index (χ1) is 8.33. The van der Waals surface area contributed by atoms with Crippen LogP contribution in [0.4, 0.5) is 0 Å². The molecule has 0 N–H and O–H groups in total. The van der Waals surface area contributed by atoms with Crippen molar-refractivity contribution in [1.29, 1.82) is 0 Å². The highest BCUT2D eigenvalue weighted by atomic mass is 14.3. The lowest BCUT2D eigenvalue weighted by Gasteiger charge is -2.35. The summed E-state index contributed by atoms with van der Waals surface area (Å²) in [5.74, 6) is 0.717. The van der Waals surface area contributed by atoms with Crippen LogP contribution in [0.3, 0.4) is 0 Å². The van der Waals surface area contributed by atoms with Gasteiger partial charge in [-0.2, -0.15) is 0 Å². The molecular formula is C18H34. The highest BCUT2D eigenvalue weighted by Crippen LogP contribution is 2.40. The predicted octanol–water partition coefficient (Wildman–Crippen LogP) is 6.39. The standard InChI is InChI=1S/C16H28.C2H6/c1-7-15(3,4)13-9-11-14(12-10-13)16(5,6)8-2;1-2/h9-11,14H,7-8,12H2,1-6H3;1-2H3. The van der Waals surface area contributed by atoms with Crippen LogP contribution in [0.25, 0.3) is 0 Å². The van der Waals surface area contributed by atoms with Gasteiger partial charge in [-0.25, -0.2) is 0 Å². The average molecular weight is 250 g/mol. The minimum atomic E-state index is 0.345. The van der Waals surface area contributed by atoms with Gasteiger partial charge in [0.15, 0.2) is 0 Å². The van der Waals surface area contributed by atoms with Gasteiger partial charge < -0.3 is 0 Å².